The van der Waals surface area contributed by atoms with Gasteiger partial charge in [0, 0.05) is 30.4 Å². The fourth-order valence-electron chi connectivity index (χ4n) is 2.29. The van der Waals surface area contributed by atoms with Gasteiger partial charge in [0.2, 0.25) is 11.8 Å². The fraction of sp³-hybridized carbons (Fsp3) is 0.429. The predicted molar refractivity (Wildman–Crippen MR) is 76.9 cm³/mol. The second kappa shape index (κ2) is 6.24. The second-order valence-electron chi connectivity index (χ2n) is 4.79. The fourth-order valence-corrected chi connectivity index (χ4v) is 2.47. The van der Waals surface area contributed by atoms with E-state index < -0.39 is 0 Å². The van der Waals surface area contributed by atoms with Crippen LogP contribution in [0.5, 0.6) is 0 Å². The number of methoxy groups -OCH3 is 1. The van der Waals surface area contributed by atoms with Gasteiger partial charge in [-0.25, -0.2) is 0 Å². The molecule has 1 aromatic carbocycles. The monoisotopic (exact) mass is 296 g/mol. The summed E-state index contributed by atoms with van der Waals surface area (Å²) in [4.78, 5) is 27.3. The quantitative estimate of drug-likeness (QED) is 0.850. The lowest BCUT2D eigenvalue weighted by atomic mass is 10.1. The smallest absolute Gasteiger partial charge is 0.249 e. The molecule has 0 spiro atoms. The molecular weight excluding hydrogens is 280 g/mol. The summed E-state index contributed by atoms with van der Waals surface area (Å²) >= 11 is 5.95. The lowest BCUT2D eigenvalue weighted by Crippen LogP contribution is -2.57. The SMILES string of the molecule is COCC(=O)N1CC(=O)N(c2cccc(Cl)c2)C[C@H]1C. The second-order valence-corrected chi connectivity index (χ2v) is 5.22. The number of ether oxygens (including phenoxy) is 1. The molecule has 0 unspecified atom stereocenters. The van der Waals surface area contributed by atoms with Gasteiger partial charge in [-0.3, -0.25) is 9.59 Å². The maximum Gasteiger partial charge on any atom is 0.249 e. The van der Waals surface area contributed by atoms with Crippen molar-refractivity contribution in [1.29, 1.82) is 0 Å². The Hall–Kier alpha value is -1.59. The summed E-state index contributed by atoms with van der Waals surface area (Å²) in [6.45, 7) is 2.43. The molecule has 1 aliphatic heterocycles. The Morgan fingerprint density at radius 1 is 1.50 bits per heavy atom. The molecule has 1 atom stereocenters. The topological polar surface area (TPSA) is 49.9 Å². The van der Waals surface area contributed by atoms with Crippen LogP contribution in [0.1, 0.15) is 6.92 Å². The first-order valence-corrected chi connectivity index (χ1v) is 6.75. The number of carbonyl (C=O) groups excluding carboxylic acids is 2. The highest BCUT2D eigenvalue weighted by Gasteiger charge is 2.32. The predicted octanol–water partition coefficient (Wildman–Crippen LogP) is 1.55. The third-order valence-electron chi connectivity index (χ3n) is 3.29. The summed E-state index contributed by atoms with van der Waals surface area (Å²) < 4.78 is 4.83. The van der Waals surface area contributed by atoms with Gasteiger partial charge < -0.3 is 14.5 Å². The van der Waals surface area contributed by atoms with Crippen molar-refractivity contribution < 1.29 is 14.3 Å². The number of amides is 2. The van der Waals surface area contributed by atoms with Crippen LogP contribution in [-0.2, 0) is 14.3 Å². The summed E-state index contributed by atoms with van der Waals surface area (Å²) in [5, 5.41) is 0.584. The first kappa shape index (κ1) is 14.8. The molecule has 1 heterocycles. The summed E-state index contributed by atoms with van der Waals surface area (Å²) in [7, 11) is 1.46. The zero-order valence-corrected chi connectivity index (χ0v) is 12.3. The van der Waals surface area contributed by atoms with E-state index in [1.807, 2.05) is 13.0 Å². The summed E-state index contributed by atoms with van der Waals surface area (Å²) in [6, 6.07) is 7.09. The van der Waals surface area contributed by atoms with Gasteiger partial charge in [0.25, 0.3) is 0 Å². The van der Waals surface area contributed by atoms with E-state index in [0.717, 1.165) is 5.69 Å². The van der Waals surface area contributed by atoms with Gasteiger partial charge in [0.1, 0.15) is 13.2 Å². The maximum atomic E-state index is 12.2. The van der Waals surface area contributed by atoms with E-state index in [-0.39, 0.29) is 31.0 Å². The molecule has 0 bridgehead atoms. The lowest BCUT2D eigenvalue weighted by Gasteiger charge is -2.39. The van der Waals surface area contributed by atoms with Crippen molar-refractivity contribution in [2.24, 2.45) is 0 Å². The molecule has 6 heteroatoms. The van der Waals surface area contributed by atoms with E-state index in [2.05, 4.69) is 0 Å². The molecular formula is C14H17ClN2O3. The van der Waals surface area contributed by atoms with Gasteiger partial charge >= 0.3 is 0 Å². The van der Waals surface area contributed by atoms with Crippen molar-refractivity contribution in [3.8, 4) is 0 Å². The Bertz CT molecular complexity index is 521. The third kappa shape index (κ3) is 3.11. The number of rotatable bonds is 3. The minimum atomic E-state index is -0.168. The van der Waals surface area contributed by atoms with Crippen LogP contribution in [0.3, 0.4) is 0 Å². The molecule has 5 nitrogen and oxygen atoms in total. The van der Waals surface area contributed by atoms with Crippen LogP contribution >= 0.6 is 11.6 Å². The van der Waals surface area contributed by atoms with Crippen molar-refractivity contribution in [2.45, 2.75) is 13.0 Å². The largest absolute Gasteiger partial charge is 0.375 e. The first-order chi connectivity index (χ1) is 9.52. The molecule has 0 aromatic heterocycles. The highest BCUT2D eigenvalue weighted by atomic mass is 35.5. The van der Waals surface area contributed by atoms with Crippen LogP contribution < -0.4 is 4.90 Å². The number of nitrogens with zero attached hydrogens (tertiary/aromatic N) is 2. The average Bonchev–Trinajstić information content (AvgIpc) is 2.41. The molecule has 20 heavy (non-hydrogen) atoms. The van der Waals surface area contributed by atoms with Crippen LogP contribution in [0.4, 0.5) is 5.69 Å². The number of anilines is 1. The Morgan fingerprint density at radius 2 is 2.25 bits per heavy atom. The van der Waals surface area contributed by atoms with Gasteiger partial charge in [-0.2, -0.15) is 0 Å². The van der Waals surface area contributed by atoms with Gasteiger partial charge in [-0.05, 0) is 25.1 Å². The van der Waals surface area contributed by atoms with Crippen LogP contribution in [0, 0.1) is 0 Å². The molecule has 0 radical (unpaired) electrons. The normalized spacial score (nSPS) is 19.4. The van der Waals surface area contributed by atoms with Crippen LogP contribution in [-0.4, -0.2) is 49.6 Å². The van der Waals surface area contributed by atoms with Crippen molar-refractivity contribution in [3.05, 3.63) is 29.3 Å². The van der Waals surface area contributed by atoms with E-state index in [0.29, 0.717) is 11.6 Å². The molecule has 0 aliphatic carbocycles. The number of hydrogen-bond donors (Lipinski definition) is 0. The van der Waals surface area contributed by atoms with Gasteiger partial charge in [0.05, 0.1) is 0 Å². The van der Waals surface area contributed by atoms with Gasteiger partial charge in [0.15, 0.2) is 0 Å². The molecule has 2 rings (SSSR count). The first-order valence-electron chi connectivity index (χ1n) is 6.37. The van der Waals surface area contributed by atoms with Crippen molar-refractivity contribution >= 4 is 29.1 Å². The lowest BCUT2D eigenvalue weighted by molar-refractivity contribution is -0.142. The van der Waals surface area contributed by atoms with Crippen LogP contribution in [0.2, 0.25) is 5.02 Å². The Kier molecular flexibility index (Phi) is 4.62. The Morgan fingerprint density at radius 3 is 2.90 bits per heavy atom. The van der Waals surface area contributed by atoms with Crippen molar-refractivity contribution in [2.75, 3.05) is 31.7 Å². The minimum Gasteiger partial charge on any atom is -0.375 e. The van der Waals surface area contributed by atoms with E-state index in [9.17, 15) is 9.59 Å². The third-order valence-corrected chi connectivity index (χ3v) is 3.53. The summed E-state index contributed by atoms with van der Waals surface area (Å²) in [6.07, 6.45) is 0. The van der Waals surface area contributed by atoms with E-state index in [1.54, 1.807) is 28.0 Å². The zero-order valence-electron chi connectivity index (χ0n) is 11.5. The minimum absolute atomic E-state index is 0.00517. The van der Waals surface area contributed by atoms with E-state index >= 15 is 0 Å². The van der Waals surface area contributed by atoms with E-state index in [1.165, 1.54) is 7.11 Å². The molecule has 1 fully saturated rings. The molecule has 0 N–H and O–H groups in total. The number of benzene rings is 1. The number of halogens is 1. The Balaban J connectivity index is 2.14. The number of carbonyl (C=O) groups is 2. The highest BCUT2D eigenvalue weighted by Crippen LogP contribution is 2.23. The van der Waals surface area contributed by atoms with Crippen LogP contribution in [0.25, 0.3) is 0 Å². The molecule has 0 saturated carbocycles. The summed E-state index contributed by atoms with van der Waals surface area (Å²) in [5.41, 5.74) is 0.758. The van der Waals surface area contributed by atoms with Gasteiger partial charge in [-0.15, -0.1) is 0 Å². The van der Waals surface area contributed by atoms with Crippen molar-refractivity contribution in [3.63, 3.8) is 0 Å². The van der Waals surface area contributed by atoms with Crippen LogP contribution in [0.15, 0.2) is 24.3 Å². The van der Waals surface area contributed by atoms with Crippen molar-refractivity contribution in [1.82, 2.24) is 4.90 Å². The molecule has 108 valence electrons. The average molecular weight is 297 g/mol. The standard InChI is InChI=1S/C14H17ClN2O3/c1-10-7-17(12-5-3-4-11(15)6-12)13(18)8-16(10)14(19)9-20-2/h3-6,10H,7-9H2,1-2H3/t10-/m1/s1. The Labute approximate surface area is 123 Å². The number of hydrogen-bond acceptors (Lipinski definition) is 3. The highest BCUT2D eigenvalue weighted by molar-refractivity contribution is 6.30. The van der Waals surface area contributed by atoms with Gasteiger partial charge in [-0.1, -0.05) is 17.7 Å². The maximum absolute atomic E-state index is 12.2. The molecule has 2 amide bonds. The zero-order chi connectivity index (χ0) is 14.7. The van der Waals surface area contributed by atoms with E-state index in [4.69, 9.17) is 16.3 Å². The molecule has 1 aliphatic rings. The number of piperazine rings is 1. The summed E-state index contributed by atoms with van der Waals surface area (Å²) in [5.74, 6) is -0.283. The molecule has 1 saturated heterocycles. The molecule has 1 aromatic rings.